The third-order valence-corrected chi connectivity index (χ3v) is 4.61. The summed E-state index contributed by atoms with van der Waals surface area (Å²) in [5.41, 5.74) is 5.26. The fraction of sp³-hybridized carbons (Fsp3) is 0.130. The lowest BCUT2D eigenvalue weighted by atomic mass is 10.1. The maximum absolute atomic E-state index is 13.0. The van der Waals surface area contributed by atoms with Crippen molar-refractivity contribution in [2.24, 2.45) is 0 Å². The van der Waals surface area contributed by atoms with Crippen molar-refractivity contribution >= 4 is 5.91 Å². The van der Waals surface area contributed by atoms with E-state index in [0.29, 0.717) is 18.0 Å². The van der Waals surface area contributed by atoms with Crippen LogP contribution in [0.1, 0.15) is 27.4 Å². The first kappa shape index (κ1) is 17.8. The molecule has 140 valence electrons. The molecule has 0 radical (unpaired) electrons. The van der Waals surface area contributed by atoms with Crippen LogP contribution in [0.5, 0.6) is 0 Å². The Hall–Kier alpha value is -3.60. The summed E-state index contributed by atoms with van der Waals surface area (Å²) in [6.07, 6.45) is 1.59. The highest BCUT2D eigenvalue weighted by Crippen LogP contribution is 2.24. The van der Waals surface area contributed by atoms with E-state index in [2.05, 4.69) is 11.4 Å². The molecule has 1 N–H and O–H groups in total. The molecule has 2 heterocycles. The zero-order valence-electron chi connectivity index (χ0n) is 15.8. The number of hydrogen-bond donors (Lipinski definition) is 1. The van der Waals surface area contributed by atoms with E-state index in [0.717, 1.165) is 28.1 Å². The van der Waals surface area contributed by atoms with E-state index in [-0.39, 0.29) is 5.91 Å². The summed E-state index contributed by atoms with van der Waals surface area (Å²) in [6, 6.07) is 21.5. The molecule has 5 heteroatoms. The molecule has 4 aromatic rings. The van der Waals surface area contributed by atoms with E-state index in [4.69, 9.17) is 9.52 Å². The number of amides is 1. The number of carbonyl (C=O) groups excluding carboxylic acids is 1. The van der Waals surface area contributed by atoms with Crippen LogP contribution >= 0.6 is 0 Å². The van der Waals surface area contributed by atoms with Crippen molar-refractivity contribution in [3.05, 3.63) is 95.6 Å². The van der Waals surface area contributed by atoms with Crippen LogP contribution in [-0.2, 0) is 6.54 Å². The lowest BCUT2D eigenvalue weighted by Gasteiger charge is -2.11. The molecule has 4 rings (SSSR count). The fourth-order valence-electron chi connectivity index (χ4n) is 3.10. The Morgan fingerprint density at radius 3 is 2.61 bits per heavy atom. The van der Waals surface area contributed by atoms with Gasteiger partial charge in [-0.1, -0.05) is 42.5 Å². The van der Waals surface area contributed by atoms with Crippen LogP contribution in [0.4, 0.5) is 0 Å². The highest BCUT2D eigenvalue weighted by atomic mass is 16.3. The van der Waals surface area contributed by atoms with Gasteiger partial charge in [-0.3, -0.25) is 4.79 Å². The molecule has 0 aliphatic carbocycles. The van der Waals surface area contributed by atoms with Crippen LogP contribution < -0.4 is 5.32 Å². The molecule has 2 aromatic carbocycles. The van der Waals surface area contributed by atoms with Gasteiger partial charge in [0, 0.05) is 5.56 Å². The molecule has 0 saturated heterocycles. The first-order valence-electron chi connectivity index (χ1n) is 9.15. The predicted molar refractivity (Wildman–Crippen MR) is 108 cm³/mol. The Bertz CT molecular complexity index is 1100. The predicted octanol–water partition coefficient (Wildman–Crippen LogP) is 4.68. The van der Waals surface area contributed by atoms with Crippen molar-refractivity contribution < 1.29 is 9.21 Å². The smallest absolute Gasteiger partial charge is 0.270 e. The van der Waals surface area contributed by atoms with E-state index in [1.807, 2.05) is 68.4 Å². The zero-order valence-corrected chi connectivity index (χ0v) is 15.8. The largest absolute Gasteiger partial charge is 0.467 e. The number of benzene rings is 2. The molecule has 0 spiro atoms. The Kier molecular flexibility index (Phi) is 4.81. The molecule has 0 unspecified atom stereocenters. The Balaban J connectivity index is 1.75. The SMILES string of the molecule is Cc1ccc(C)c(-n2nc(-c3ccccc3)cc2C(=O)NCc2ccco2)c1. The fourth-order valence-corrected chi connectivity index (χ4v) is 3.10. The summed E-state index contributed by atoms with van der Waals surface area (Å²) >= 11 is 0. The summed E-state index contributed by atoms with van der Waals surface area (Å²) < 4.78 is 7.03. The summed E-state index contributed by atoms with van der Waals surface area (Å²) in [6.45, 7) is 4.37. The maximum Gasteiger partial charge on any atom is 0.270 e. The molecule has 0 fully saturated rings. The first-order valence-corrected chi connectivity index (χ1v) is 9.15. The molecule has 0 aliphatic heterocycles. The molecule has 0 bridgehead atoms. The molecule has 5 nitrogen and oxygen atoms in total. The molecule has 0 saturated carbocycles. The van der Waals surface area contributed by atoms with E-state index >= 15 is 0 Å². The number of rotatable bonds is 5. The highest BCUT2D eigenvalue weighted by Gasteiger charge is 2.19. The molecule has 0 aliphatic rings. The molecule has 1 amide bonds. The minimum Gasteiger partial charge on any atom is -0.467 e. The van der Waals surface area contributed by atoms with Gasteiger partial charge in [0.15, 0.2) is 0 Å². The van der Waals surface area contributed by atoms with Gasteiger partial charge in [-0.15, -0.1) is 0 Å². The van der Waals surface area contributed by atoms with Gasteiger partial charge in [-0.25, -0.2) is 4.68 Å². The summed E-state index contributed by atoms with van der Waals surface area (Å²) in [4.78, 5) is 13.0. The molecular formula is C23H21N3O2. The number of aromatic nitrogens is 2. The minimum absolute atomic E-state index is 0.202. The van der Waals surface area contributed by atoms with Crippen LogP contribution in [0.15, 0.2) is 77.4 Å². The van der Waals surface area contributed by atoms with Crippen LogP contribution in [0, 0.1) is 13.8 Å². The van der Waals surface area contributed by atoms with E-state index in [1.165, 1.54) is 0 Å². The van der Waals surface area contributed by atoms with Gasteiger partial charge in [-0.05, 0) is 49.2 Å². The third kappa shape index (κ3) is 3.60. The third-order valence-electron chi connectivity index (χ3n) is 4.61. The van der Waals surface area contributed by atoms with Crippen LogP contribution in [0.3, 0.4) is 0 Å². The monoisotopic (exact) mass is 371 g/mol. The molecular weight excluding hydrogens is 350 g/mol. The zero-order chi connectivity index (χ0) is 19.5. The van der Waals surface area contributed by atoms with Crippen molar-refractivity contribution in [1.82, 2.24) is 15.1 Å². The number of nitrogens with one attached hydrogen (secondary N) is 1. The number of furan rings is 1. The van der Waals surface area contributed by atoms with Crippen LogP contribution in [0.25, 0.3) is 16.9 Å². The Labute approximate surface area is 163 Å². The molecule has 0 atom stereocenters. The van der Waals surface area contributed by atoms with Crippen molar-refractivity contribution in [1.29, 1.82) is 0 Å². The quantitative estimate of drug-likeness (QED) is 0.554. The summed E-state index contributed by atoms with van der Waals surface area (Å²) in [5.74, 6) is 0.501. The Morgan fingerprint density at radius 1 is 1.04 bits per heavy atom. The van der Waals surface area contributed by atoms with Crippen molar-refractivity contribution in [3.8, 4) is 16.9 Å². The minimum atomic E-state index is -0.202. The second kappa shape index (κ2) is 7.56. The van der Waals surface area contributed by atoms with Gasteiger partial charge in [0.05, 0.1) is 24.2 Å². The van der Waals surface area contributed by atoms with Gasteiger partial charge in [0.25, 0.3) is 5.91 Å². The second-order valence-electron chi connectivity index (χ2n) is 6.74. The van der Waals surface area contributed by atoms with Crippen molar-refractivity contribution in [2.75, 3.05) is 0 Å². The number of hydrogen-bond acceptors (Lipinski definition) is 3. The second-order valence-corrected chi connectivity index (χ2v) is 6.74. The van der Waals surface area contributed by atoms with Crippen LogP contribution in [0.2, 0.25) is 0 Å². The van der Waals surface area contributed by atoms with Crippen molar-refractivity contribution in [3.63, 3.8) is 0 Å². The summed E-state index contributed by atoms with van der Waals surface area (Å²) in [7, 11) is 0. The standard InChI is InChI=1S/C23H21N3O2/c1-16-10-11-17(2)21(13-16)26-22(23(27)24-15-19-9-6-12-28-19)14-20(25-26)18-7-4-3-5-8-18/h3-14H,15H2,1-2H3,(H,24,27). The summed E-state index contributed by atoms with van der Waals surface area (Å²) in [5, 5.41) is 7.67. The Morgan fingerprint density at radius 2 is 1.86 bits per heavy atom. The van der Waals surface area contributed by atoms with Gasteiger partial charge in [0.1, 0.15) is 11.5 Å². The lowest BCUT2D eigenvalue weighted by Crippen LogP contribution is -2.25. The topological polar surface area (TPSA) is 60.1 Å². The number of aryl methyl sites for hydroxylation is 2. The molecule has 2 aromatic heterocycles. The number of nitrogens with zero attached hydrogens (tertiary/aromatic N) is 2. The van der Waals surface area contributed by atoms with Gasteiger partial charge >= 0.3 is 0 Å². The number of carbonyl (C=O) groups is 1. The normalized spacial score (nSPS) is 10.8. The highest BCUT2D eigenvalue weighted by molar-refractivity contribution is 5.94. The van der Waals surface area contributed by atoms with E-state index < -0.39 is 0 Å². The molecule has 28 heavy (non-hydrogen) atoms. The van der Waals surface area contributed by atoms with Gasteiger partial charge in [0.2, 0.25) is 0 Å². The van der Waals surface area contributed by atoms with Crippen LogP contribution in [-0.4, -0.2) is 15.7 Å². The van der Waals surface area contributed by atoms with Gasteiger partial charge in [-0.2, -0.15) is 5.10 Å². The van der Waals surface area contributed by atoms with E-state index in [9.17, 15) is 4.79 Å². The first-order chi connectivity index (χ1) is 13.6. The lowest BCUT2D eigenvalue weighted by molar-refractivity contribution is 0.0940. The average Bonchev–Trinajstić information content (AvgIpc) is 3.39. The van der Waals surface area contributed by atoms with Crippen molar-refractivity contribution in [2.45, 2.75) is 20.4 Å². The average molecular weight is 371 g/mol. The maximum atomic E-state index is 13.0. The van der Waals surface area contributed by atoms with Gasteiger partial charge < -0.3 is 9.73 Å². The van der Waals surface area contributed by atoms with E-state index in [1.54, 1.807) is 17.0 Å².